The number of hydrogen-bond acceptors (Lipinski definition) is 1. The van der Waals surface area contributed by atoms with Crippen molar-refractivity contribution in [3.05, 3.63) is 34.3 Å². The summed E-state index contributed by atoms with van der Waals surface area (Å²) in [6, 6.07) is 7.56. The van der Waals surface area contributed by atoms with Gasteiger partial charge in [0.25, 0.3) is 0 Å². The zero-order valence-corrected chi connectivity index (χ0v) is 8.81. The van der Waals surface area contributed by atoms with E-state index in [0.29, 0.717) is 10.6 Å². The van der Waals surface area contributed by atoms with Crippen LogP contribution in [0, 0.1) is 11.3 Å². The topological polar surface area (TPSA) is 23.8 Å². The molecule has 2 heteroatoms. The lowest BCUT2D eigenvalue weighted by molar-refractivity contribution is 0.590. The number of halogens is 1. The molecule has 1 rings (SSSR count). The standard InChI is InChI=1S/C11H12ClN/c1-11(2,3)9-4-8(7-13)5-10(12)6-9/h4-6H,1-3H3. The minimum Gasteiger partial charge on any atom is -0.192 e. The van der Waals surface area contributed by atoms with Gasteiger partial charge in [0.2, 0.25) is 0 Å². The molecule has 68 valence electrons. The number of hydrogen-bond donors (Lipinski definition) is 0. The molecular formula is C11H12ClN. The normalized spacial score (nSPS) is 11.0. The van der Waals surface area contributed by atoms with Gasteiger partial charge in [-0.15, -0.1) is 0 Å². The van der Waals surface area contributed by atoms with Crippen molar-refractivity contribution >= 4 is 11.6 Å². The third-order valence-electron chi connectivity index (χ3n) is 1.89. The second-order valence-corrected chi connectivity index (χ2v) is 4.53. The molecule has 0 radical (unpaired) electrons. The van der Waals surface area contributed by atoms with E-state index in [4.69, 9.17) is 16.9 Å². The van der Waals surface area contributed by atoms with E-state index in [0.717, 1.165) is 5.56 Å². The fourth-order valence-electron chi connectivity index (χ4n) is 1.09. The zero-order chi connectivity index (χ0) is 10.1. The maximum atomic E-state index is 8.74. The molecule has 0 amide bonds. The molecular weight excluding hydrogens is 182 g/mol. The quantitative estimate of drug-likeness (QED) is 0.619. The van der Waals surface area contributed by atoms with Crippen LogP contribution in [0.1, 0.15) is 31.9 Å². The maximum Gasteiger partial charge on any atom is 0.0992 e. The van der Waals surface area contributed by atoms with Crippen LogP contribution < -0.4 is 0 Å². The Balaban J connectivity index is 3.26. The molecule has 0 heterocycles. The Bertz CT molecular complexity index is 355. The zero-order valence-electron chi connectivity index (χ0n) is 8.06. The third-order valence-corrected chi connectivity index (χ3v) is 2.11. The minimum absolute atomic E-state index is 0.0382. The first kappa shape index (κ1) is 10.1. The predicted octanol–water partition coefficient (Wildman–Crippen LogP) is 3.51. The predicted molar refractivity (Wildman–Crippen MR) is 54.9 cm³/mol. The highest BCUT2D eigenvalue weighted by molar-refractivity contribution is 6.30. The van der Waals surface area contributed by atoms with Crippen molar-refractivity contribution in [2.75, 3.05) is 0 Å². The average molecular weight is 194 g/mol. The van der Waals surface area contributed by atoms with Gasteiger partial charge in [0.15, 0.2) is 0 Å². The van der Waals surface area contributed by atoms with Gasteiger partial charge in [-0.2, -0.15) is 5.26 Å². The van der Waals surface area contributed by atoms with E-state index < -0.39 is 0 Å². The van der Waals surface area contributed by atoms with Crippen LogP contribution in [0.5, 0.6) is 0 Å². The summed E-state index contributed by atoms with van der Waals surface area (Å²) >= 11 is 5.88. The van der Waals surface area contributed by atoms with E-state index >= 15 is 0 Å². The molecule has 0 unspecified atom stereocenters. The molecule has 0 aliphatic heterocycles. The van der Waals surface area contributed by atoms with Crippen LogP contribution in [-0.4, -0.2) is 0 Å². The summed E-state index contributed by atoms with van der Waals surface area (Å²) < 4.78 is 0. The average Bonchev–Trinajstić information content (AvgIpc) is 2.01. The molecule has 0 N–H and O–H groups in total. The Hall–Kier alpha value is -1.00. The second kappa shape index (κ2) is 3.40. The Morgan fingerprint density at radius 2 is 1.85 bits per heavy atom. The number of benzene rings is 1. The molecule has 13 heavy (non-hydrogen) atoms. The lowest BCUT2D eigenvalue weighted by atomic mass is 9.86. The van der Waals surface area contributed by atoms with Crippen LogP contribution in [0.3, 0.4) is 0 Å². The molecule has 1 aromatic carbocycles. The van der Waals surface area contributed by atoms with Gasteiger partial charge >= 0.3 is 0 Å². The molecule has 1 aromatic rings. The summed E-state index contributed by atoms with van der Waals surface area (Å²) in [4.78, 5) is 0. The number of nitriles is 1. The Labute approximate surface area is 84.0 Å². The van der Waals surface area contributed by atoms with Crippen LogP contribution in [0.15, 0.2) is 18.2 Å². The van der Waals surface area contributed by atoms with E-state index in [2.05, 4.69) is 26.8 Å². The molecule has 0 saturated heterocycles. The van der Waals surface area contributed by atoms with Crippen LogP contribution in [-0.2, 0) is 5.41 Å². The SMILES string of the molecule is CC(C)(C)c1cc(Cl)cc(C#N)c1. The molecule has 0 atom stereocenters. The monoisotopic (exact) mass is 193 g/mol. The van der Waals surface area contributed by atoms with Crippen LogP contribution in [0.4, 0.5) is 0 Å². The van der Waals surface area contributed by atoms with Crippen molar-refractivity contribution in [3.8, 4) is 6.07 Å². The van der Waals surface area contributed by atoms with Crippen LogP contribution in [0.2, 0.25) is 5.02 Å². The molecule has 0 bridgehead atoms. The van der Waals surface area contributed by atoms with E-state index in [-0.39, 0.29) is 5.41 Å². The Morgan fingerprint density at radius 1 is 1.23 bits per heavy atom. The molecule has 0 fully saturated rings. The van der Waals surface area contributed by atoms with Gasteiger partial charge in [0, 0.05) is 5.02 Å². The van der Waals surface area contributed by atoms with E-state index in [1.54, 1.807) is 6.07 Å². The first-order chi connectivity index (χ1) is 5.93. The first-order valence-corrected chi connectivity index (χ1v) is 4.52. The van der Waals surface area contributed by atoms with Gasteiger partial charge in [0.05, 0.1) is 11.6 Å². The first-order valence-electron chi connectivity index (χ1n) is 4.14. The molecule has 0 aromatic heterocycles. The highest BCUT2D eigenvalue weighted by Crippen LogP contribution is 2.26. The van der Waals surface area contributed by atoms with Crippen molar-refractivity contribution < 1.29 is 0 Å². The maximum absolute atomic E-state index is 8.74. The van der Waals surface area contributed by atoms with Crippen molar-refractivity contribution in [1.29, 1.82) is 5.26 Å². The van der Waals surface area contributed by atoms with E-state index in [9.17, 15) is 0 Å². The fraction of sp³-hybridized carbons (Fsp3) is 0.364. The smallest absolute Gasteiger partial charge is 0.0992 e. The minimum atomic E-state index is 0.0382. The number of rotatable bonds is 0. The van der Waals surface area contributed by atoms with E-state index in [1.165, 1.54) is 0 Å². The summed E-state index contributed by atoms with van der Waals surface area (Å²) in [7, 11) is 0. The van der Waals surface area contributed by atoms with Crippen LogP contribution in [0.25, 0.3) is 0 Å². The van der Waals surface area contributed by atoms with Gasteiger partial charge in [-0.1, -0.05) is 32.4 Å². The highest BCUT2D eigenvalue weighted by atomic mass is 35.5. The molecule has 0 aliphatic carbocycles. The van der Waals surface area contributed by atoms with Gasteiger partial charge in [-0.25, -0.2) is 0 Å². The van der Waals surface area contributed by atoms with E-state index in [1.807, 2.05) is 12.1 Å². The summed E-state index contributed by atoms with van der Waals surface area (Å²) in [5, 5.41) is 9.37. The summed E-state index contributed by atoms with van der Waals surface area (Å²) in [5.74, 6) is 0. The van der Waals surface area contributed by atoms with Crippen molar-refractivity contribution in [2.24, 2.45) is 0 Å². The third kappa shape index (κ3) is 2.47. The lowest BCUT2D eigenvalue weighted by Crippen LogP contribution is -2.11. The van der Waals surface area contributed by atoms with Gasteiger partial charge in [-0.3, -0.25) is 0 Å². The Morgan fingerprint density at radius 3 is 2.31 bits per heavy atom. The van der Waals surface area contributed by atoms with Crippen LogP contribution >= 0.6 is 11.6 Å². The molecule has 1 nitrogen and oxygen atoms in total. The summed E-state index contributed by atoms with van der Waals surface area (Å²) in [6.07, 6.45) is 0. The van der Waals surface area contributed by atoms with Crippen molar-refractivity contribution in [2.45, 2.75) is 26.2 Å². The Kier molecular flexibility index (Phi) is 2.63. The molecule has 0 spiro atoms. The van der Waals surface area contributed by atoms with Gasteiger partial charge < -0.3 is 0 Å². The van der Waals surface area contributed by atoms with Gasteiger partial charge in [0.1, 0.15) is 0 Å². The summed E-state index contributed by atoms with van der Waals surface area (Å²) in [5.41, 5.74) is 1.75. The summed E-state index contributed by atoms with van der Waals surface area (Å²) in [6.45, 7) is 6.29. The highest BCUT2D eigenvalue weighted by Gasteiger charge is 2.14. The number of nitrogens with zero attached hydrogens (tertiary/aromatic N) is 1. The lowest BCUT2D eigenvalue weighted by Gasteiger charge is -2.19. The van der Waals surface area contributed by atoms with Crippen molar-refractivity contribution in [1.82, 2.24) is 0 Å². The second-order valence-electron chi connectivity index (χ2n) is 4.09. The largest absolute Gasteiger partial charge is 0.192 e. The van der Waals surface area contributed by atoms with Gasteiger partial charge in [-0.05, 0) is 29.2 Å². The van der Waals surface area contributed by atoms with Crippen molar-refractivity contribution in [3.63, 3.8) is 0 Å². The molecule has 0 saturated carbocycles. The fourth-order valence-corrected chi connectivity index (χ4v) is 1.32. The molecule has 0 aliphatic rings.